The Kier molecular flexibility index (Phi) is 4.82. The minimum absolute atomic E-state index is 0.140. The normalized spacial score (nSPS) is 10.4. The molecule has 0 aliphatic carbocycles. The van der Waals surface area contributed by atoms with E-state index in [4.69, 9.17) is 10.5 Å². The number of nitrogens with two attached hydrogens (primary N) is 1. The zero-order chi connectivity index (χ0) is 15.2. The molecule has 4 nitrogen and oxygen atoms in total. The Hall–Kier alpha value is -2.49. The van der Waals surface area contributed by atoms with E-state index in [1.807, 2.05) is 50.2 Å². The van der Waals surface area contributed by atoms with E-state index in [1.165, 1.54) is 0 Å². The van der Waals surface area contributed by atoms with Crippen LogP contribution in [-0.4, -0.2) is 12.0 Å². The molecule has 3 N–H and O–H groups in total. The zero-order valence-corrected chi connectivity index (χ0v) is 12.3. The van der Waals surface area contributed by atoms with Crippen LogP contribution in [0.2, 0.25) is 0 Å². The summed E-state index contributed by atoms with van der Waals surface area (Å²) in [5.74, 6) is 0.464. The van der Waals surface area contributed by atoms with Crippen LogP contribution in [-0.2, 0) is 6.54 Å². The average molecular weight is 284 g/mol. The molecule has 0 heterocycles. The van der Waals surface area contributed by atoms with Crippen LogP contribution in [0.5, 0.6) is 5.75 Å². The number of amides is 1. The van der Waals surface area contributed by atoms with Crippen LogP contribution in [0.1, 0.15) is 29.8 Å². The fourth-order valence-electron chi connectivity index (χ4n) is 1.97. The van der Waals surface area contributed by atoms with Crippen LogP contribution in [0, 0.1) is 0 Å². The van der Waals surface area contributed by atoms with E-state index in [0.717, 1.165) is 17.0 Å². The summed E-state index contributed by atoms with van der Waals surface area (Å²) in [4.78, 5) is 11.0. The number of ether oxygens (including phenoxy) is 1. The second kappa shape index (κ2) is 6.79. The first kappa shape index (κ1) is 14.9. The lowest BCUT2D eigenvalue weighted by molar-refractivity contribution is 0.100. The van der Waals surface area contributed by atoms with Gasteiger partial charge in [0, 0.05) is 23.4 Å². The second-order valence-electron chi connectivity index (χ2n) is 5.07. The van der Waals surface area contributed by atoms with Crippen molar-refractivity contribution in [1.82, 2.24) is 0 Å². The van der Waals surface area contributed by atoms with E-state index in [1.54, 1.807) is 12.1 Å². The quantitative estimate of drug-likeness (QED) is 0.856. The Labute approximate surface area is 124 Å². The van der Waals surface area contributed by atoms with Crippen LogP contribution in [0.15, 0.2) is 48.5 Å². The number of benzene rings is 2. The monoisotopic (exact) mass is 284 g/mol. The van der Waals surface area contributed by atoms with Crippen molar-refractivity contribution >= 4 is 11.6 Å². The largest absolute Gasteiger partial charge is 0.491 e. The number of carbonyl (C=O) groups excluding carboxylic acids is 1. The molecule has 0 aliphatic heterocycles. The first-order valence-corrected chi connectivity index (χ1v) is 6.94. The molecule has 0 spiro atoms. The number of rotatable bonds is 6. The molecule has 0 fully saturated rings. The topological polar surface area (TPSA) is 64.3 Å². The van der Waals surface area contributed by atoms with Gasteiger partial charge in [0.25, 0.3) is 0 Å². The van der Waals surface area contributed by atoms with Gasteiger partial charge in [-0.3, -0.25) is 4.79 Å². The van der Waals surface area contributed by atoms with E-state index in [2.05, 4.69) is 5.32 Å². The SMILES string of the molecule is CC(C)Oc1ccccc1CNc1ccc(C(N)=O)cc1. The summed E-state index contributed by atoms with van der Waals surface area (Å²) < 4.78 is 5.78. The maximum Gasteiger partial charge on any atom is 0.248 e. The zero-order valence-electron chi connectivity index (χ0n) is 12.3. The molecular weight excluding hydrogens is 264 g/mol. The number of carbonyl (C=O) groups is 1. The Morgan fingerprint density at radius 3 is 2.43 bits per heavy atom. The van der Waals surface area contributed by atoms with Crippen molar-refractivity contribution in [3.05, 3.63) is 59.7 Å². The Morgan fingerprint density at radius 1 is 1.14 bits per heavy atom. The summed E-state index contributed by atoms with van der Waals surface area (Å²) in [5, 5.41) is 3.31. The summed E-state index contributed by atoms with van der Waals surface area (Å²) in [6, 6.07) is 15.0. The van der Waals surface area contributed by atoms with Crippen LogP contribution < -0.4 is 15.8 Å². The molecule has 2 rings (SSSR count). The summed E-state index contributed by atoms with van der Waals surface area (Å²) in [7, 11) is 0. The van der Waals surface area contributed by atoms with Gasteiger partial charge in [0.15, 0.2) is 0 Å². The molecular formula is C17H20N2O2. The molecule has 0 aliphatic rings. The highest BCUT2D eigenvalue weighted by Gasteiger charge is 2.05. The van der Waals surface area contributed by atoms with Crippen molar-refractivity contribution in [1.29, 1.82) is 0 Å². The predicted molar refractivity (Wildman–Crippen MR) is 84.5 cm³/mol. The summed E-state index contributed by atoms with van der Waals surface area (Å²) >= 11 is 0. The van der Waals surface area contributed by atoms with Crippen molar-refractivity contribution in [2.45, 2.75) is 26.5 Å². The van der Waals surface area contributed by atoms with E-state index >= 15 is 0 Å². The highest BCUT2D eigenvalue weighted by atomic mass is 16.5. The van der Waals surface area contributed by atoms with Gasteiger partial charge in [0.2, 0.25) is 5.91 Å². The van der Waals surface area contributed by atoms with Crippen molar-refractivity contribution < 1.29 is 9.53 Å². The molecule has 21 heavy (non-hydrogen) atoms. The average Bonchev–Trinajstić information content (AvgIpc) is 2.46. The summed E-state index contributed by atoms with van der Waals surface area (Å²) in [5.41, 5.74) is 7.74. The Bertz CT molecular complexity index is 606. The number of para-hydroxylation sites is 1. The van der Waals surface area contributed by atoms with E-state index in [0.29, 0.717) is 12.1 Å². The third kappa shape index (κ3) is 4.24. The first-order chi connectivity index (χ1) is 10.1. The number of hydrogen-bond donors (Lipinski definition) is 2. The molecule has 0 unspecified atom stereocenters. The van der Waals surface area contributed by atoms with Crippen LogP contribution >= 0.6 is 0 Å². The molecule has 0 aromatic heterocycles. The number of primary amides is 1. The molecule has 0 saturated carbocycles. The third-order valence-electron chi connectivity index (χ3n) is 2.99. The third-order valence-corrected chi connectivity index (χ3v) is 2.99. The van der Waals surface area contributed by atoms with Gasteiger partial charge in [-0.2, -0.15) is 0 Å². The standard InChI is InChI=1S/C17H20N2O2/c1-12(2)21-16-6-4-3-5-14(16)11-19-15-9-7-13(8-10-15)17(18)20/h3-10,12,19H,11H2,1-2H3,(H2,18,20). The van der Waals surface area contributed by atoms with E-state index in [9.17, 15) is 4.79 Å². The van der Waals surface area contributed by atoms with E-state index < -0.39 is 5.91 Å². The van der Waals surface area contributed by atoms with Crippen LogP contribution in [0.4, 0.5) is 5.69 Å². The van der Waals surface area contributed by atoms with Gasteiger partial charge >= 0.3 is 0 Å². The van der Waals surface area contributed by atoms with Crippen molar-refractivity contribution in [3.63, 3.8) is 0 Å². The minimum atomic E-state index is -0.419. The smallest absolute Gasteiger partial charge is 0.248 e. The lowest BCUT2D eigenvalue weighted by Gasteiger charge is -2.15. The molecule has 2 aromatic rings. The van der Waals surface area contributed by atoms with E-state index in [-0.39, 0.29) is 6.10 Å². The molecule has 110 valence electrons. The van der Waals surface area contributed by atoms with Crippen molar-refractivity contribution in [2.75, 3.05) is 5.32 Å². The number of anilines is 1. The van der Waals surface area contributed by atoms with Crippen molar-refractivity contribution in [3.8, 4) is 5.75 Å². The maximum absolute atomic E-state index is 11.0. The van der Waals surface area contributed by atoms with Gasteiger partial charge in [0.05, 0.1) is 6.10 Å². The molecule has 0 radical (unpaired) electrons. The maximum atomic E-state index is 11.0. The van der Waals surface area contributed by atoms with Gasteiger partial charge in [-0.15, -0.1) is 0 Å². The molecule has 4 heteroatoms. The minimum Gasteiger partial charge on any atom is -0.491 e. The molecule has 1 amide bonds. The fourth-order valence-corrected chi connectivity index (χ4v) is 1.97. The number of nitrogens with one attached hydrogen (secondary N) is 1. The molecule has 2 aromatic carbocycles. The van der Waals surface area contributed by atoms with Crippen LogP contribution in [0.25, 0.3) is 0 Å². The van der Waals surface area contributed by atoms with Gasteiger partial charge in [0.1, 0.15) is 5.75 Å². The molecule has 0 bridgehead atoms. The highest BCUT2D eigenvalue weighted by molar-refractivity contribution is 5.93. The Morgan fingerprint density at radius 2 is 1.81 bits per heavy atom. The van der Waals surface area contributed by atoms with Crippen LogP contribution in [0.3, 0.4) is 0 Å². The summed E-state index contributed by atoms with van der Waals surface area (Å²) in [6.45, 7) is 4.67. The van der Waals surface area contributed by atoms with Gasteiger partial charge < -0.3 is 15.8 Å². The lowest BCUT2D eigenvalue weighted by atomic mass is 10.1. The lowest BCUT2D eigenvalue weighted by Crippen LogP contribution is -2.11. The first-order valence-electron chi connectivity index (χ1n) is 6.94. The molecule has 0 atom stereocenters. The van der Waals surface area contributed by atoms with Gasteiger partial charge in [-0.1, -0.05) is 18.2 Å². The predicted octanol–water partition coefficient (Wildman–Crippen LogP) is 3.18. The number of hydrogen-bond acceptors (Lipinski definition) is 3. The Balaban J connectivity index is 2.04. The van der Waals surface area contributed by atoms with Gasteiger partial charge in [-0.05, 0) is 44.2 Å². The summed E-state index contributed by atoms with van der Waals surface area (Å²) in [6.07, 6.45) is 0.140. The van der Waals surface area contributed by atoms with Gasteiger partial charge in [-0.25, -0.2) is 0 Å². The molecule has 0 saturated heterocycles. The fraction of sp³-hybridized carbons (Fsp3) is 0.235. The second-order valence-corrected chi connectivity index (χ2v) is 5.07. The highest BCUT2D eigenvalue weighted by Crippen LogP contribution is 2.21. The van der Waals surface area contributed by atoms with Crippen molar-refractivity contribution in [2.24, 2.45) is 5.73 Å².